The molecule has 5 heteroatoms. The SMILES string of the molecule is Cc1csc(C(=O)NCc2cccnc2-c2ccco2)c1. The second-order valence-corrected chi connectivity index (χ2v) is 5.57. The van der Waals surface area contributed by atoms with Gasteiger partial charge in [-0.25, -0.2) is 0 Å². The van der Waals surface area contributed by atoms with Gasteiger partial charge in [0.25, 0.3) is 5.91 Å². The van der Waals surface area contributed by atoms with Gasteiger partial charge in [0, 0.05) is 18.3 Å². The minimum absolute atomic E-state index is 0.0673. The molecule has 0 aliphatic rings. The quantitative estimate of drug-likeness (QED) is 0.800. The van der Waals surface area contributed by atoms with Gasteiger partial charge < -0.3 is 9.73 Å². The standard InChI is InChI=1S/C16H14N2O2S/c1-11-8-14(21-10-11)16(19)18-9-12-4-2-6-17-15(12)13-5-3-7-20-13/h2-8,10H,9H2,1H3,(H,18,19). The van der Waals surface area contributed by atoms with Crippen molar-refractivity contribution in [3.63, 3.8) is 0 Å². The molecule has 21 heavy (non-hydrogen) atoms. The van der Waals surface area contributed by atoms with Crippen LogP contribution >= 0.6 is 11.3 Å². The molecular formula is C16H14N2O2S. The number of hydrogen-bond donors (Lipinski definition) is 1. The predicted octanol–water partition coefficient (Wildman–Crippen LogP) is 3.64. The van der Waals surface area contributed by atoms with Gasteiger partial charge in [-0.3, -0.25) is 9.78 Å². The Labute approximate surface area is 126 Å². The number of thiophene rings is 1. The summed E-state index contributed by atoms with van der Waals surface area (Å²) in [4.78, 5) is 17.1. The van der Waals surface area contributed by atoms with Gasteiger partial charge in [-0.2, -0.15) is 0 Å². The van der Waals surface area contributed by atoms with Crippen LogP contribution in [0.25, 0.3) is 11.5 Å². The zero-order valence-electron chi connectivity index (χ0n) is 11.5. The fourth-order valence-corrected chi connectivity index (χ4v) is 2.84. The molecule has 0 aliphatic heterocycles. The highest BCUT2D eigenvalue weighted by atomic mass is 32.1. The fraction of sp³-hybridized carbons (Fsp3) is 0.125. The predicted molar refractivity (Wildman–Crippen MR) is 82.2 cm³/mol. The van der Waals surface area contributed by atoms with E-state index >= 15 is 0 Å². The van der Waals surface area contributed by atoms with E-state index in [1.54, 1.807) is 12.5 Å². The summed E-state index contributed by atoms with van der Waals surface area (Å²) in [5, 5.41) is 4.89. The largest absolute Gasteiger partial charge is 0.463 e. The molecule has 106 valence electrons. The molecule has 0 fully saturated rings. The average molecular weight is 298 g/mol. The number of pyridine rings is 1. The third kappa shape index (κ3) is 3.03. The van der Waals surface area contributed by atoms with Crippen LogP contribution in [0, 0.1) is 6.92 Å². The van der Waals surface area contributed by atoms with Crippen molar-refractivity contribution in [2.45, 2.75) is 13.5 Å². The van der Waals surface area contributed by atoms with E-state index in [0.29, 0.717) is 12.3 Å². The van der Waals surface area contributed by atoms with Crippen molar-refractivity contribution in [3.05, 3.63) is 64.2 Å². The minimum atomic E-state index is -0.0673. The summed E-state index contributed by atoms with van der Waals surface area (Å²) in [5.41, 5.74) is 2.78. The average Bonchev–Trinajstić information content (AvgIpc) is 3.16. The number of aromatic nitrogens is 1. The van der Waals surface area contributed by atoms with Gasteiger partial charge in [0.05, 0.1) is 11.1 Å². The van der Waals surface area contributed by atoms with Gasteiger partial charge >= 0.3 is 0 Å². The Hall–Kier alpha value is -2.40. The van der Waals surface area contributed by atoms with Crippen LogP contribution in [-0.2, 0) is 6.54 Å². The minimum Gasteiger partial charge on any atom is -0.463 e. The third-order valence-corrected chi connectivity index (χ3v) is 4.09. The number of rotatable bonds is 4. The summed E-state index contributed by atoms with van der Waals surface area (Å²) in [5.74, 6) is 0.633. The van der Waals surface area contributed by atoms with Crippen LogP contribution in [0.2, 0.25) is 0 Å². The van der Waals surface area contributed by atoms with Gasteiger partial charge in [-0.1, -0.05) is 6.07 Å². The summed E-state index contributed by atoms with van der Waals surface area (Å²) in [6.45, 7) is 2.39. The first-order valence-corrected chi connectivity index (χ1v) is 7.43. The number of nitrogens with one attached hydrogen (secondary N) is 1. The Balaban J connectivity index is 1.75. The maximum absolute atomic E-state index is 12.1. The van der Waals surface area contributed by atoms with Gasteiger partial charge in [0.1, 0.15) is 5.69 Å². The lowest BCUT2D eigenvalue weighted by molar-refractivity contribution is 0.0955. The monoisotopic (exact) mass is 298 g/mol. The zero-order valence-corrected chi connectivity index (χ0v) is 12.3. The molecule has 1 N–H and O–H groups in total. The summed E-state index contributed by atoms with van der Waals surface area (Å²) < 4.78 is 5.38. The number of nitrogens with zero attached hydrogens (tertiary/aromatic N) is 1. The second-order valence-electron chi connectivity index (χ2n) is 4.66. The lowest BCUT2D eigenvalue weighted by Gasteiger charge is -2.07. The molecule has 3 aromatic heterocycles. The van der Waals surface area contributed by atoms with Crippen LogP contribution < -0.4 is 5.32 Å². The Bertz CT molecular complexity index is 747. The Morgan fingerprint density at radius 1 is 1.38 bits per heavy atom. The van der Waals surface area contributed by atoms with E-state index < -0.39 is 0 Å². The van der Waals surface area contributed by atoms with Crippen LogP contribution in [-0.4, -0.2) is 10.9 Å². The molecule has 0 bridgehead atoms. The Morgan fingerprint density at radius 2 is 2.29 bits per heavy atom. The van der Waals surface area contributed by atoms with Gasteiger partial charge in [0.2, 0.25) is 0 Å². The smallest absolute Gasteiger partial charge is 0.261 e. The van der Waals surface area contributed by atoms with E-state index in [1.165, 1.54) is 11.3 Å². The topological polar surface area (TPSA) is 55.1 Å². The molecule has 0 unspecified atom stereocenters. The lowest BCUT2D eigenvalue weighted by atomic mass is 10.1. The Kier molecular flexibility index (Phi) is 3.83. The Morgan fingerprint density at radius 3 is 3.00 bits per heavy atom. The summed E-state index contributed by atoms with van der Waals surface area (Å²) in [7, 11) is 0. The summed E-state index contributed by atoms with van der Waals surface area (Å²) in [6.07, 6.45) is 3.33. The van der Waals surface area contributed by atoms with Crippen molar-refractivity contribution in [2.24, 2.45) is 0 Å². The van der Waals surface area contributed by atoms with E-state index in [9.17, 15) is 4.79 Å². The highest BCUT2D eigenvalue weighted by Gasteiger charge is 2.11. The molecule has 0 aliphatic carbocycles. The fourth-order valence-electron chi connectivity index (χ4n) is 2.03. The molecule has 0 atom stereocenters. The first kappa shape index (κ1) is 13.6. The number of carbonyl (C=O) groups is 1. The zero-order chi connectivity index (χ0) is 14.7. The van der Waals surface area contributed by atoms with Gasteiger partial charge in [-0.15, -0.1) is 11.3 Å². The molecule has 0 spiro atoms. The highest BCUT2D eigenvalue weighted by molar-refractivity contribution is 7.12. The molecule has 0 saturated heterocycles. The molecule has 3 rings (SSSR count). The summed E-state index contributed by atoms with van der Waals surface area (Å²) in [6, 6.07) is 9.35. The van der Waals surface area contributed by atoms with Gasteiger partial charge in [0.15, 0.2) is 5.76 Å². The van der Waals surface area contributed by atoms with Crippen LogP contribution in [0.3, 0.4) is 0 Å². The van der Waals surface area contributed by atoms with E-state index in [1.807, 2.05) is 42.6 Å². The first-order valence-electron chi connectivity index (χ1n) is 6.55. The highest BCUT2D eigenvalue weighted by Crippen LogP contribution is 2.21. The molecule has 1 amide bonds. The van der Waals surface area contributed by atoms with E-state index in [2.05, 4.69) is 10.3 Å². The van der Waals surface area contributed by atoms with Gasteiger partial charge in [-0.05, 0) is 42.1 Å². The molecule has 0 saturated carbocycles. The van der Waals surface area contributed by atoms with Crippen molar-refractivity contribution >= 4 is 17.2 Å². The van der Waals surface area contributed by atoms with Crippen LogP contribution in [0.1, 0.15) is 20.8 Å². The van der Waals surface area contributed by atoms with E-state index in [-0.39, 0.29) is 5.91 Å². The molecule has 0 aromatic carbocycles. The number of hydrogen-bond acceptors (Lipinski definition) is 4. The van der Waals surface area contributed by atoms with Crippen molar-refractivity contribution in [1.82, 2.24) is 10.3 Å². The van der Waals surface area contributed by atoms with Crippen LogP contribution in [0.5, 0.6) is 0 Å². The number of furan rings is 1. The number of amides is 1. The molecule has 4 nitrogen and oxygen atoms in total. The number of aryl methyl sites for hydroxylation is 1. The third-order valence-electron chi connectivity index (χ3n) is 3.04. The molecule has 3 aromatic rings. The molecule has 0 radical (unpaired) electrons. The van der Waals surface area contributed by atoms with Crippen LogP contribution in [0.4, 0.5) is 0 Å². The first-order chi connectivity index (χ1) is 10.2. The normalized spacial score (nSPS) is 10.5. The maximum Gasteiger partial charge on any atom is 0.261 e. The second kappa shape index (κ2) is 5.93. The molecule has 3 heterocycles. The van der Waals surface area contributed by atoms with E-state index in [4.69, 9.17) is 4.42 Å². The van der Waals surface area contributed by atoms with E-state index in [0.717, 1.165) is 21.7 Å². The maximum atomic E-state index is 12.1. The molecular weight excluding hydrogens is 284 g/mol. The van der Waals surface area contributed by atoms with Crippen molar-refractivity contribution in [3.8, 4) is 11.5 Å². The van der Waals surface area contributed by atoms with Crippen molar-refractivity contribution in [1.29, 1.82) is 0 Å². The lowest BCUT2D eigenvalue weighted by Crippen LogP contribution is -2.22. The number of carbonyl (C=O) groups excluding carboxylic acids is 1. The van der Waals surface area contributed by atoms with Crippen LogP contribution in [0.15, 0.2) is 52.6 Å². The van der Waals surface area contributed by atoms with Crippen molar-refractivity contribution in [2.75, 3.05) is 0 Å². The summed E-state index contributed by atoms with van der Waals surface area (Å²) >= 11 is 1.45. The van der Waals surface area contributed by atoms with Crippen molar-refractivity contribution < 1.29 is 9.21 Å².